The minimum absolute atomic E-state index is 0.0120. The standard InChI is InChI=1S/C27H31F2N5O6/c1-2-12-39-24(36)6-5-20-17-34(27(38)40-20)19-13-21(28)25(22(29)14-19)33-10-8-32(9-11-33)23(35)16-31-26(37)18-4-3-7-30-15-18/h3-4,7,13-15,20H,2,5-6,8-12,16-17H2,1H3,(H,31,37)/t20-/m0/s1. The highest BCUT2D eigenvalue weighted by atomic mass is 19.1. The molecule has 13 heteroatoms. The lowest BCUT2D eigenvalue weighted by Gasteiger charge is -2.36. The maximum absolute atomic E-state index is 15.1. The van der Waals surface area contributed by atoms with E-state index in [1.54, 1.807) is 12.1 Å². The molecule has 0 unspecified atom stereocenters. The Kier molecular flexibility index (Phi) is 9.46. The van der Waals surface area contributed by atoms with Crippen LogP contribution in [-0.4, -0.2) is 85.7 Å². The molecule has 2 aliphatic rings. The molecule has 11 nitrogen and oxygen atoms in total. The van der Waals surface area contributed by atoms with Crippen molar-refractivity contribution in [3.05, 3.63) is 53.9 Å². The summed E-state index contributed by atoms with van der Waals surface area (Å²) >= 11 is 0. The largest absolute Gasteiger partial charge is 0.466 e. The van der Waals surface area contributed by atoms with Gasteiger partial charge in [0.2, 0.25) is 5.91 Å². The number of hydrogen-bond acceptors (Lipinski definition) is 8. The number of carbonyl (C=O) groups is 4. The minimum atomic E-state index is -0.849. The minimum Gasteiger partial charge on any atom is -0.466 e. The lowest BCUT2D eigenvalue weighted by Crippen LogP contribution is -2.51. The second-order valence-electron chi connectivity index (χ2n) is 9.43. The molecule has 0 spiro atoms. The zero-order valence-corrected chi connectivity index (χ0v) is 22.1. The van der Waals surface area contributed by atoms with Crippen LogP contribution in [0.5, 0.6) is 0 Å². The lowest BCUT2D eigenvalue weighted by molar-refractivity contribution is -0.144. The molecule has 0 bridgehead atoms. The maximum Gasteiger partial charge on any atom is 0.414 e. The molecule has 3 amide bonds. The van der Waals surface area contributed by atoms with E-state index in [2.05, 4.69) is 10.3 Å². The Balaban J connectivity index is 1.30. The summed E-state index contributed by atoms with van der Waals surface area (Å²) in [6, 6.07) is 5.34. The van der Waals surface area contributed by atoms with Crippen LogP contribution in [0, 0.1) is 11.6 Å². The van der Waals surface area contributed by atoms with E-state index in [4.69, 9.17) is 9.47 Å². The summed E-state index contributed by atoms with van der Waals surface area (Å²) < 4.78 is 40.5. The molecular formula is C27H31F2N5O6. The van der Waals surface area contributed by atoms with Crippen LogP contribution in [0.25, 0.3) is 0 Å². The van der Waals surface area contributed by atoms with Crippen LogP contribution in [0.2, 0.25) is 0 Å². The van der Waals surface area contributed by atoms with Gasteiger partial charge >= 0.3 is 12.1 Å². The number of esters is 1. The Morgan fingerprint density at radius 3 is 2.52 bits per heavy atom. The van der Waals surface area contributed by atoms with Crippen LogP contribution >= 0.6 is 0 Å². The number of carbonyl (C=O) groups excluding carboxylic acids is 4. The Bertz CT molecular complexity index is 1220. The quantitative estimate of drug-likeness (QED) is 0.441. The molecule has 0 saturated carbocycles. The van der Waals surface area contributed by atoms with Crippen molar-refractivity contribution in [3.8, 4) is 0 Å². The fourth-order valence-corrected chi connectivity index (χ4v) is 4.51. The zero-order valence-electron chi connectivity index (χ0n) is 22.1. The third kappa shape index (κ3) is 7.01. The number of nitrogens with one attached hydrogen (secondary N) is 1. The first-order valence-electron chi connectivity index (χ1n) is 13.1. The normalized spacial score (nSPS) is 17.0. The van der Waals surface area contributed by atoms with Gasteiger partial charge in [0.15, 0.2) is 11.6 Å². The van der Waals surface area contributed by atoms with Crippen LogP contribution in [0.1, 0.15) is 36.5 Å². The van der Waals surface area contributed by atoms with Gasteiger partial charge in [-0.05, 0) is 25.0 Å². The van der Waals surface area contributed by atoms with Gasteiger partial charge in [-0.15, -0.1) is 0 Å². The predicted molar refractivity (Wildman–Crippen MR) is 140 cm³/mol. The molecule has 2 saturated heterocycles. The van der Waals surface area contributed by atoms with Gasteiger partial charge in [0, 0.05) is 57.1 Å². The zero-order chi connectivity index (χ0) is 28.6. The first-order chi connectivity index (χ1) is 19.3. The molecule has 0 aliphatic carbocycles. The van der Waals surface area contributed by atoms with E-state index in [1.807, 2.05) is 6.92 Å². The smallest absolute Gasteiger partial charge is 0.414 e. The fourth-order valence-electron chi connectivity index (χ4n) is 4.51. The summed E-state index contributed by atoms with van der Waals surface area (Å²) in [5.74, 6) is -2.83. The number of halogens is 2. The molecule has 4 rings (SSSR count). The van der Waals surface area contributed by atoms with Crippen molar-refractivity contribution < 1.29 is 37.4 Å². The number of cyclic esters (lactones) is 1. The predicted octanol–water partition coefficient (Wildman–Crippen LogP) is 2.50. The van der Waals surface area contributed by atoms with E-state index < -0.39 is 35.7 Å². The Labute approximate surface area is 230 Å². The van der Waals surface area contributed by atoms with E-state index in [0.29, 0.717) is 18.6 Å². The highest BCUT2D eigenvalue weighted by Crippen LogP contribution is 2.32. The van der Waals surface area contributed by atoms with Crippen molar-refractivity contribution in [1.82, 2.24) is 15.2 Å². The molecule has 214 valence electrons. The number of nitrogens with zero attached hydrogens (tertiary/aromatic N) is 4. The Morgan fingerprint density at radius 1 is 1.15 bits per heavy atom. The van der Waals surface area contributed by atoms with Crippen molar-refractivity contribution in [3.63, 3.8) is 0 Å². The fraction of sp³-hybridized carbons (Fsp3) is 0.444. The van der Waals surface area contributed by atoms with Crippen LogP contribution in [0.15, 0.2) is 36.7 Å². The second kappa shape index (κ2) is 13.2. The number of amides is 3. The average molecular weight is 560 g/mol. The summed E-state index contributed by atoms with van der Waals surface area (Å²) in [5.41, 5.74) is 0.0980. The highest BCUT2D eigenvalue weighted by molar-refractivity contribution is 5.96. The van der Waals surface area contributed by atoms with Crippen molar-refractivity contribution in [2.75, 3.05) is 55.7 Å². The molecule has 1 atom stereocenters. The van der Waals surface area contributed by atoms with Gasteiger partial charge in [-0.25, -0.2) is 13.6 Å². The summed E-state index contributed by atoms with van der Waals surface area (Å²) in [6.07, 6.45) is 2.58. The van der Waals surface area contributed by atoms with Crippen molar-refractivity contribution in [2.24, 2.45) is 0 Å². The van der Waals surface area contributed by atoms with Gasteiger partial charge in [-0.1, -0.05) is 6.92 Å². The van der Waals surface area contributed by atoms with Gasteiger partial charge in [0.1, 0.15) is 11.8 Å². The molecule has 1 N–H and O–H groups in total. The number of pyridine rings is 1. The maximum atomic E-state index is 15.1. The first-order valence-corrected chi connectivity index (χ1v) is 13.1. The summed E-state index contributed by atoms with van der Waals surface area (Å²) in [5, 5.41) is 2.55. The number of rotatable bonds is 10. The molecular weight excluding hydrogens is 528 g/mol. The Morgan fingerprint density at radius 2 is 1.88 bits per heavy atom. The third-order valence-electron chi connectivity index (χ3n) is 6.60. The van der Waals surface area contributed by atoms with E-state index in [9.17, 15) is 19.2 Å². The molecule has 2 fully saturated rings. The Hall–Kier alpha value is -4.29. The van der Waals surface area contributed by atoms with Crippen molar-refractivity contribution in [1.29, 1.82) is 0 Å². The number of hydrogen-bond donors (Lipinski definition) is 1. The number of anilines is 2. The van der Waals surface area contributed by atoms with Crippen LogP contribution in [-0.2, 0) is 19.1 Å². The first kappa shape index (κ1) is 28.7. The van der Waals surface area contributed by atoms with Gasteiger partial charge < -0.3 is 24.6 Å². The van der Waals surface area contributed by atoms with E-state index in [1.165, 1.54) is 22.2 Å². The van der Waals surface area contributed by atoms with Crippen molar-refractivity contribution >= 4 is 35.3 Å². The molecule has 2 aliphatic heterocycles. The van der Waals surface area contributed by atoms with Crippen LogP contribution < -0.4 is 15.1 Å². The molecule has 40 heavy (non-hydrogen) atoms. The van der Waals surface area contributed by atoms with Gasteiger partial charge in [-0.3, -0.25) is 24.3 Å². The van der Waals surface area contributed by atoms with Gasteiger partial charge in [0.05, 0.1) is 30.9 Å². The van der Waals surface area contributed by atoms with E-state index >= 15 is 8.78 Å². The third-order valence-corrected chi connectivity index (χ3v) is 6.60. The monoisotopic (exact) mass is 559 g/mol. The lowest BCUT2D eigenvalue weighted by atomic mass is 10.1. The number of benzene rings is 1. The number of aromatic nitrogens is 1. The summed E-state index contributed by atoms with van der Waals surface area (Å²) in [6.45, 7) is 2.82. The highest BCUT2D eigenvalue weighted by Gasteiger charge is 2.34. The van der Waals surface area contributed by atoms with Gasteiger partial charge in [-0.2, -0.15) is 0 Å². The molecule has 1 aromatic heterocycles. The van der Waals surface area contributed by atoms with Crippen LogP contribution in [0.4, 0.5) is 25.0 Å². The van der Waals surface area contributed by atoms with Gasteiger partial charge in [0.25, 0.3) is 5.91 Å². The SMILES string of the molecule is CCCOC(=O)CC[C@H]1CN(c2cc(F)c(N3CCN(C(=O)CNC(=O)c4cccnc4)CC3)c(F)c2)C(=O)O1. The number of piperazine rings is 1. The van der Waals surface area contributed by atoms with Crippen molar-refractivity contribution in [2.45, 2.75) is 32.3 Å². The van der Waals surface area contributed by atoms with E-state index in [-0.39, 0.29) is 69.4 Å². The topological polar surface area (TPSA) is 121 Å². The van der Waals surface area contributed by atoms with E-state index in [0.717, 1.165) is 17.0 Å². The molecule has 2 aromatic rings. The molecule has 1 aromatic carbocycles. The average Bonchev–Trinajstić information content (AvgIpc) is 3.34. The molecule has 3 heterocycles. The second-order valence-corrected chi connectivity index (χ2v) is 9.43. The summed E-state index contributed by atoms with van der Waals surface area (Å²) in [4.78, 5) is 56.8. The number of ether oxygens (including phenoxy) is 2. The molecule has 0 radical (unpaired) electrons. The summed E-state index contributed by atoms with van der Waals surface area (Å²) in [7, 11) is 0. The van der Waals surface area contributed by atoms with Crippen LogP contribution in [0.3, 0.4) is 0 Å².